The number of para-hydroxylation sites is 1. The van der Waals surface area contributed by atoms with Crippen LogP contribution in [0.4, 0.5) is 0 Å². The number of nitrogens with zero attached hydrogens (tertiary/aromatic N) is 1. The Labute approximate surface area is 258 Å². The van der Waals surface area contributed by atoms with Crippen LogP contribution in [0.2, 0.25) is 0 Å². The summed E-state index contributed by atoms with van der Waals surface area (Å²) in [7, 11) is 0. The molecule has 0 saturated carbocycles. The van der Waals surface area contributed by atoms with Crippen LogP contribution >= 0.6 is 18.6 Å². The van der Waals surface area contributed by atoms with E-state index in [2.05, 4.69) is 26.1 Å². The number of benzene rings is 1. The number of Topliss-reactive ketones (excluding diaryl/α,β-unsaturated/α-hetero) is 1. The summed E-state index contributed by atoms with van der Waals surface area (Å²) in [6, 6.07) is 7.77. The molecule has 3 atom stereocenters. The minimum Gasteiger partial charge on any atom is -0.484 e. The molecular weight excluding hydrogens is 591 g/mol. The summed E-state index contributed by atoms with van der Waals surface area (Å²) in [5.74, 6) is -3.50. The number of aliphatic carboxylic acids is 1. The predicted molar refractivity (Wildman–Crippen MR) is 170 cm³/mol. The molecule has 12 heteroatoms. The van der Waals surface area contributed by atoms with Gasteiger partial charge in [-0.2, -0.15) is 0 Å². The zero-order valence-corrected chi connectivity index (χ0v) is 27.1. The molecule has 2 N–H and O–H groups in total. The van der Waals surface area contributed by atoms with Crippen molar-refractivity contribution in [2.75, 3.05) is 37.5 Å². The van der Waals surface area contributed by atoms with Gasteiger partial charge in [0.1, 0.15) is 28.5 Å². The number of likely N-dealkylation sites (tertiary alicyclic amines) is 1. The molecule has 0 unspecified atom stereocenters. The first-order valence-electron chi connectivity index (χ1n) is 15.3. The molecule has 0 radical (unpaired) electrons. The number of unbranched alkanes of at least 4 members (excludes halogenated alkanes) is 3. The smallest absolute Gasteiger partial charge is 0.352 e. The van der Waals surface area contributed by atoms with Crippen LogP contribution in [-0.2, 0) is 28.7 Å². The van der Waals surface area contributed by atoms with Crippen molar-refractivity contribution in [3.8, 4) is 5.75 Å². The van der Waals surface area contributed by atoms with Crippen LogP contribution in [0.25, 0.3) is 0 Å². The van der Waals surface area contributed by atoms with Crippen LogP contribution in [0.1, 0.15) is 65.7 Å². The molecule has 2 amide bonds. The van der Waals surface area contributed by atoms with E-state index in [0.717, 1.165) is 68.8 Å². The van der Waals surface area contributed by atoms with Gasteiger partial charge in [-0.3, -0.25) is 24.1 Å². The average molecular weight is 637 g/mol. The van der Waals surface area contributed by atoms with Gasteiger partial charge in [-0.25, -0.2) is 4.79 Å². The lowest BCUT2D eigenvalue weighted by Gasteiger charge is -2.49. The second-order valence-corrected chi connectivity index (χ2v) is 16.2. The lowest BCUT2D eigenvalue weighted by atomic mass is 10.0. The summed E-state index contributed by atoms with van der Waals surface area (Å²) in [4.78, 5) is 66.1. The Kier molecular flexibility index (Phi) is 13.6. The van der Waals surface area contributed by atoms with E-state index in [1.165, 1.54) is 4.90 Å². The van der Waals surface area contributed by atoms with Crippen molar-refractivity contribution in [3.63, 3.8) is 0 Å². The van der Waals surface area contributed by atoms with Gasteiger partial charge in [-0.05, 0) is 49.9 Å². The van der Waals surface area contributed by atoms with Crippen molar-refractivity contribution in [2.24, 2.45) is 5.92 Å². The first-order valence-corrected chi connectivity index (χ1v) is 18.7. The number of cyclic esters (lactones) is 1. The molecule has 2 saturated heterocycles. The Morgan fingerprint density at radius 1 is 1.02 bits per heavy atom. The number of carbonyl (C=O) groups excluding carboxylic acids is 4. The van der Waals surface area contributed by atoms with Crippen molar-refractivity contribution in [1.29, 1.82) is 0 Å². The number of thioether (sulfide) groups is 1. The fourth-order valence-electron chi connectivity index (χ4n) is 5.50. The standard InChI is InChI=1S/C31H45N2O8PS/c1-4-7-17-42(18-8-5-2,19-9-6-3)28(30(37)38)33-27(36)26(32-25(35)20-41-22-13-11-10-12-14-22)29(33)43-21-24(34)23-15-16-40-31(23)39/h10-14,23,26,29H,4-9,15-21H2,1-3H3,(H,32,35)(H,37,38)/t23-,26-,29-/m1/s1. The number of hydrogen-bond acceptors (Lipinski definition) is 8. The Bertz CT molecular complexity index is 1180. The van der Waals surface area contributed by atoms with Crippen molar-refractivity contribution >= 4 is 53.6 Å². The van der Waals surface area contributed by atoms with Crippen LogP contribution in [0.3, 0.4) is 0 Å². The van der Waals surface area contributed by atoms with E-state index in [1.54, 1.807) is 24.3 Å². The third-order valence-corrected chi connectivity index (χ3v) is 14.0. The van der Waals surface area contributed by atoms with Gasteiger partial charge in [0.25, 0.3) is 11.8 Å². The monoisotopic (exact) mass is 636 g/mol. The van der Waals surface area contributed by atoms with E-state index < -0.39 is 48.0 Å². The Balaban J connectivity index is 1.95. The van der Waals surface area contributed by atoms with Crippen LogP contribution in [0.15, 0.2) is 30.3 Å². The van der Waals surface area contributed by atoms with Crippen molar-refractivity contribution in [2.45, 2.75) is 77.1 Å². The third kappa shape index (κ3) is 8.88. The van der Waals surface area contributed by atoms with E-state index in [4.69, 9.17) is 9.47 Å². The maximum absolute atomic E-state index is 13.8. The molecule has 10 nitrogen and oxygen atoms in total. The summed E-state index contributed by atoms with van der Waals surface area (Å²) >= 11 is 1.10. The zero-order valence-electron chi connectivity index (χ0n) is 25.4. The summed E-state index contributed by atoms with van der Waals surface area (Å²) in [5.41, 5.74) is 0.157. The molecule has 238 valence electrons. The molecule has 0 aliphatic carbocycles. The molecule has 43 heavy (non-hydrogen) atoms. The number of β-lactam (4-membered cyclic amide) rings is 1. The Morgan fingerprint density at radius 2 is 1.63 bits per heavy atom. The number of amides is 2. The summed E-state index contributed by atoms with van der Waals surface area (Å²) in [6.45, 7) is 3.80. The number of esters is 1. The molecule has 2 heterocycles. The zero-order chi connectivity index (χ0) is 31.4. The molecule has 1 aromatic rings. The largest absolute Gasteiger partial charge is 0.484 e. The fraction of sp³-hybridized carbons (Fsp3) is 0.613. The molecule has 2 aliphatic rings. The highest BCUT2D eigenvalue weighted by molar-refractivity contribution is 8.00. The van der Waals surface area contributed by atoms with E-state index in [9.17, 15) is 29.1 Å². The van der Waals surface area contributed by atoms with Gasteiger partial charge < -0.3 is 19.9 Å². The van der Waals surface area contributed by atoms with Crippen LogP contribution < -0.4 is 10.1 Å². The van der Waals surface area contributed by atoms with Crippen molar-refractivity contribution in [3.05, 3.63) is 30.3 Å². The molecule has 2 aliphatic heterocycles. The van der Waals surface area contributed by atoms with Crippen LogP contribution in [-0.4, -0.2) is 93.8 Å². The fourth-order valence-corrected chi connectivity index (χ4v) is 12.0. The van der Waals surface area contributed by atoms with Crippen LogP contribution in [0, 0.1) is 5.92 Å². The number of rotatable bonds is 19. The maximum atomic E-state index is 13.8. The minimum atomic E-state index is -2.29. The highest BCUT2D eigenvalue weighted by Gasteiger charge is 2.53. The highest BCUT2D eigenvalue weighted by atomic mass is 32.2. The second kappa shape index (κ2) is 16.9. The molecule has 0 bridgehead atoms. The summed E-state index contributed by atoms with van der Waals surface area (Å²) in [5, 5.41) is 12.6. The Morgan fingerprint density at radius 3 is 2.14 bits per heavy atom. The van der Waals surface area contributed by atoms with Crippen molar-refractivity contribution in [1.82, 2.24) is 10.2 Å². The first kappa shape index (κ1) is 34.7. The number of carboxylic acid groups (broad SMARTS) is 1. The summed E-state index contributed by atoms with van der Waals surface area (Å²) in [6.07, 6.45) is 7.81. The van der Waals surface area contributed by atoms with Gasteiger partial charge in [-0.1, -0.05) is 65.1 Å². The first-order chi connectivity index (χ1) is 20.7. The van der Waals surface area contributed by atoms with Crippen LogP contribution in [0.5, 0.6) is 5.75 Å². The normalized spacial score (nSPS) is 19.9. The lowest BCUT2D eigenvalue weighted by molar-refractivity contribution is -0.145. The quantitative estimate of drug-likeness (QED) is 0.0989. The maximum Gasteiger partial charge on any atom is 0.352 e. The van der Waals surface area contributed by atoms with E-state index >= 15 is 0 Å². The molecule has 0 aromatic heterocycles. The number of carboxylic acids is 1. The van der Waals surface area contributed by atoms with Crippen molar-refractivity contribution < 1.29 is 38.6 Å². The Hall–Kier alpha value is -2.78. The third-order valence-electron chi connectivity index (χ3n) is 7.88. The molecule has 0 spiro atoms. The molecule has 2 fully saturated rings. The number of carbonyl (C=O) groups is 5. The van der Waals surface area contributed by atoms with Gasteiger partial charge in [0.05, 0.1) is 12.4 Å². The topological polar surface area (TPSA) is 139 Å². The van der Waals surface area contributed by atoms with E-state index in [-0.39, 0.29) is 30.2 Å². The van der Waals surface area contributed by atoms with E-state index in [0.29, 0.717) is 12.2 Å². The predicted octanol–water partition coefficient (Wildman–Crippen LogP) is 4.22. The SMILES string of the molecule is CCCCP(CCCC)(CCCC)=C(C(=O)O)N1C(=O)[C@@H](NC(=O)COc2ccccc2)[C@H]1SCC(=O)[C@H]1CCOC1=O. The highest BCUT2D eigenvalue weighted by Crippen LogP contribution is 2.54. The molecular formula is C31H45N2O8PS. The van der Waals surface area contributed by atoms with E-state index in [1.807, 2.05) is 6.07 Å². The minimum absolute atomic E-state index is 0.113. The number of nitrogens with one attached hydrogen (secondary N) is 1. The average Bonchev–Trinajstić information content (AvgIpc) is 3.44. The second-order valence-electron chi connectivity index (χ2n) is 11.0. The van der Waals surface area contributed by atoms with Gasteiger partial charge in [0.15, 0.2) is 12.4 Å². The van der Waals surface area contributed by atoms with Gasteiger partial charge in [0.2, 0.25) is 0 Å². The van der Waals surface area contributed by atoms with Gasteiger partial charge in [0, 0.05) is 6.42 Å². The van der Waals surface area contributed by atoms with Gasteiger partial charge in [-0.15, -0.1) is 11.8 Å². The summed E-state index contributed by atoms with van der Waals surface area (Å²) < 4.78 is 10.5. The lowest BCUT2D eigenvalue weighted by Crippen LogP contribution is -2.72. The number of ether oxygens (including phenoxy) is 2. The number of hydrogen-bond donors (Lipinski definition) is 2. The molecule has 1 aromatic carbocycles. The number of ketones is 1. The molecule has 3 rings (SSSR count). The van der Waals surface area contributed by atoms with Gasteiger partial charge >= 0.3 is 11.9 Å².